The topological polar surface area (TPSA) is 81.2 Å². The van der Waals surface area contributed by atoms with Crippen molar-refractivity contribution in [3.05, 3.63) is 91.5 Å². The molecule has 0 radical (unpaired) electrons. The molecule has 3 aliphatic rings. The van der Waals surface area contributed by atoms with Crippen LogP contribution in [0, 0.1) is 11.8 Å². The minimum atomic E-state index is -0.812. The molecule has 6 atom stereocenters. The summed E-state index contributed by atoms with van der Waals surface area (Å²) < 4.78 is -1.29. The highest BCUT2D eigenvalue weighted by molar-refractivity contribution is 8.02. The van der Waals surface area contributed by atoms with Crippen LogP contribution in [-0.4, -0.2) is 74.4 Å². The van der Waals surface area contributed by atoms with Crippen molar-refractivity contribution in [1.29, 1.82) is 0 Å². The summed E-state index contributed by atoms with van der Waals surface area (Å²) in [5.41, 5.74) is 1.52. The molecule has 3 aliphatic heterocycles. The van der Waals surface area contributed by atoms with Crippen molar-refractivity contribution in [1.82, 2.24) is 9.80 Å². The normalized spacial score (nSPS) is 27.9. The van der Waals surface area contributed by atoms with E-state index in [9.17, 15) is 19.5 Å². The number of anilines is 1. The summed E-state index contributed by atoms with van der Waals surface area (Å²) in [6, 6.07) is 17.4. The number of amides is 3. The van der Waals surface area contributed by atoms with Gasteiger partial charge in [0, 0.05) is 30.1 Å². The number of para-hydroxylation sites is 1. The lowest BCUT2D eigenvalue weighted by molar-refractivity contribution is -0.146. The summed E-state index contributed by atoms with van der Waals surface area (Å²) in [7, 11) is 0. The van der Waals surface area contributed by atoms with Gasteiger partial charge in [0.1, 0.15) is 6.04 Å². The van der Waals surface area contributed by atoms with Crippen molar-refractivity contribution in [3.63, 3.8) is 0 Å². The maximum absolute atomic E-state index is 14.8. The van der Waals surface area contributed by atoms with E-state index in [2.05, 4.69) is 27.0 Å². The van der Waals surface area contributed by atoms with Gasteiger partial charge < -0.3 is 19.8 Å². The van der Waals surface area contributed by atoms with E-state index in [1.807, 2.05) is 60.7 Å². The van der Waals surface area contributed by atoms with E-state index in [-0.39, 0.29) is 24.3 Å². The molecular weight excluding hydrogens is 558 g/mol. The van der Waals surface area contributed by atoms with E-state index >= 15 is 0 Å². The van der Waals surface area contributed by atoms with Crippen molar-refractivity contribution in [2.24, 2.45) is 11.8 Å². The van der Waals surface area contributed by atoms with Crippen molar-refractivity contribution < 1.29 is 19.5 Å². The van der Waals surface area contributed by atoms with Crippen LogP contribution in [0.1, 0.15) is 51.1 Å². The summed E-state index contributed by atoms with van der Waals surface area (Å²) >= 11 is 1.65. The number of aliphatic hydroxyl groups excluding tert-OH is 1. The minimum absolute atomic E-state index is 0.122. The number of likely N-dealkylation sites (tertiary alicyclic amines) is 1. The number of hydrogen-bond donors (Lipinski definition) is 1. The van der Waals surface area contributed by atoms with Crippen molar-refractivity contribution >= 4 is 35.2 Å². The Balaban J connectivity index is 1.64. The highest BCUT2D eigenvalue weighted by atomic mass is 32.2. The van der Waals surface area contributed by atoms with Gasteiger partial charge in [0.2, 0.25) is 17.7 Å². The number of unbranched alkanes of at least 4 members (excludes halogenated alkanes) is 1. The van der Waals surface area contributed by atoms with Crippen LogP contribution in [0.2, 0.25) is 0 Å². The molecule has 2 aromatic carbocycles. The standard InChI is InChI=1S/C35H43N3O4S/c1-5-8-23-36(21-6-2)33(42)30-35-20-19-34(4,43-35)28(31(40)37(22-7-3)26-17-13-10-14-18-26)29(35)32(41)38(30)27(24-39)25-15-11-9-12-16-25/h6-7,9-18,27-30,39H,2-3,5,8,19-24H2,1,4H3/t27-,28-,29+,30?,34+,35?/m1/s1. The van der Waals surface area contributed by atoms with Crippen LogP contribution in [0.3, 0.4) is 0 Å². The molecule has 3 fully saturated rings. The van der Waals surface area contributed by atoms with E-state index in [1.165, 1.54) is 0 Å². The van der Waals surface area contributed by atoms with Gasteiger partial charge in [-0.1, -0.05) is 74.0 Å². The van der Waals surface area contributed by atoms with E-state index < -0.39 is 33.4 Å². The second kappa shape index (κ2) is 12.7. The Kier molecular flexibility index (Phi) is 9.18. The summed E-state index contributed by atoms with van der Waals surface area (Å²) in [5, 5.41) is 10.8. The minimum Gasteiger partial charge on any atom is -0.394 e. The summed E-state index contributed by atoms with van der Waals surface area (Å²) in [6.07, 6.45) is 6.56. The Morgan fingerprint density at radius 1 is 1.05 bits per heavy atom. The first-order valence-corrected chi connectivity index (χ1v) is 16.1. The molecule has 8 heteroatoms. The lowest BCUT2D eigenvalue weighted by atomic mass is 9.66. The van der Waals surface area contributed by atoms with Gasteiger partial charge in [0.05, 0.1) is 29.2 Å². The van der Waals surface area contributed by atoms with Gasteiger partial charge in [-0.15, -0.1) is 24.9 Å². The Morgan fingerprint density at radius 2 is 1.70 bits per heavy atom. The lowest BCUT2D eigenvalue weighted by Gasteiger charge is -2.39. The van der Waals surface area contributed by atoms with Crippen molar-refractivity contribution in [2.75, 3.05) is 31.1 Å². The van der Waals surface area contributed by atoms with Crippen LogP contribution < -0.4 is 4.90 Å². The molecule has 0 aromatic heterocycles. The molecule has 7 nitrogen and oxygen atoms in total. The first-order chi connectivity index (χ1) is 20.8. The Labute approximate surface area is 259 Å². The van der Waals surface area contributed by atoms with Gasteiger partial charge in [0.15, 0.2) is 0 Å². The Morgan fingerprint density at radius 3 is 2.30 bits per heavy atom. The van der Waals surface area contributed by atoms with Crippen LogP contribution in [0.25, 0.3) is 0 Å². The maximum atomic E-state index is 14.8. The Hall–Kier alpha value is -3.36. The number of nitrogens with zero attached hydrogens (tertiary/aromatic N) is 3. The fraction of sp³-hybridized carbons (Fsp3) is 0.457. The van der Waals surface area contributed by atoms with Crippen LogP contribution >= 0.6 is 11.8 Å². The number of thioether (sulfide) groups is 1. The third-order valence-corrected chi connectivity index (χ3v) is 11.5. The zero-order valence-electron chi connectivity index (χ0n) is 25.2. The van der Waals surface area contributed by atoms with Gasteiger partial charge in [-0.3, -0.25) is 14.4 Å². The summed E-state index contributed by atoms with van der Waals surface area (Å²) in [4.78, 5) is 49.3. The van der Waals surface area contributed by atoms with E-state index in [0.29, 0.717) is 26.1 Å². The molecule has 1 N–H and O–H groups in total. The molecule has 1 spiro atoms. The van der Waals surface area contributed by atoms with E-state index in [0.717, 1.165) is 30.5 Å². The smallest absolute Gasteiger partial charge is 0.247 e. The molecule has 5 rings (SSSR count). The number of fused-ring (bicyclic) bond motifs is 1. The predicted octanol–water partition coefficient (Wildman–Crippen LogP) is 5.24. The zero-order valence-corrected chi connectivity index (χ0v) is 26.0. The van der Waals surface area contributed by atoms with Crippen LogP contribution in [0.4, 0.5) is 5.69 Å². The second-order valence-corrected chi connectivity index (χ2v) is 14.0. The largest absolute Gasteiger partial charge is 0.394 e. The average molecular weight is 602 g/mol. The maximum Gasteiger partial charge on any atom is 0.247 e. The van der Waals surface area contributed by atoms with E-state index in [1.54, 1.807) is 38.6 Å². The number of aliphatic hydroxyl groups is 1. The molecule has 2 aromatic rings. The summed E-state index contributed by atoms with van der Waals surface area (Å²) in [6.45, 7) is 12.9. The number of benzene rings is 2. The number of rotatable bonds is 13. The van der Waals surface area contributed by atoms with Crippen LogP contribution in [0.15, 0.2) is 86.0 Å². The molecule has 3 heterocycles. The number of carbonyl (C=O) groups excluding carboxylic acids is 3. The molecule has 0 aliphatic carbocycles. The molecular formula is C35H43N3O4S. The molecule has 3 saturated heterocycles. The summed E-state index contributed by atoms with van der Waals surface area (Å²) in [5.74, 6) is -1.80. The average Bonchev–Trinajstić information content (AvgIpc) is 3.59. The van der Waals surface area contributed by atoms with Crippen molar-refractivity contribution in [3.8, 4) is 0 Å². The van der Waals surface area contributed by atoms with Gasteiger partial charge in [-0.05, 0) is 43.9 Å². The fourth-order valence-electron chi connectivity index (χ4n) is 7.58. The molecule has 228 valence electrons. The predicted molar refractivity (Wildman–Crippen MR) is 173 cm³/mol. The quantitative estimate of drug-likeness (QED) is 0.318. The van der Waals surface area contributed by atoms with Gasteiger partial charge >= 0.3 is 0 Å². The zero-order chi connectivity index (χ0) is 30.8. The number of carbonyl (C=O) groups is 3. The lowest BCUT2D eigenvalue weighted by Crippen LogP contribution is -2.56. The fourth-order valence-corrected chi connectivity index (χ4v) is 9.91. The van der Waals surface area contributed by atoms with Gasteiger partial charge in [0.25, 0.3) is 0 Å². The third-order valence-electron chi connectivity index (χ3n) is 9.50. The molecule has 3 amide bonds. The third kappa shape index (κ3) is 5.22. The molecule has 0 saturated carbocycles. The van der Waals surface area contributed by atoms with Gasteiger partial charge in [-0.25, -0.2) is 0 Å². The first-order valence-electron chi connectivity index (χ1n) is 15.3. The SMILES string of the molecule is C=CCN(CCCC)C(=O)C1N([C@H](CO)c2ccccc2)C(=O)[C@@H]2[C@H](C(=O)N(CC=C)c3ccccc3)[C@]3(C)CCC12S3. The molecule has 2 unspecified atom stereocenters. The first kappa shape index (κ1) is 31.1. The second-order valence-electron chi connectivity index (χ2n) is 12.1. The van der Waals surface area contributed by atoms with E-state index in [4.69, 9.17) is 0 Å². The highest BCUT2D eigenvalue weighted by Crippen LogP contribution is 2.72. The highest BCUT2D eigenvalue weighted by Gasteiger charge is 2.78. The van der Waals surface area contributed by atoms with Gasteiger partial charge in [-0.2, -0.15) is 0 Å². The number of hydrogen-bond acceptors (Lipinski definition) is 5. The van der Waals surface area contributed by atoms with Crippen LogP contribution in [0.5, 0.6) is 0 Å². The monoisotopic (exact) mass is 601 g/mol. The molecule has 43 heavy (non-hydrogen) atoms. The van der Waals surface area contributed by atoms with Crippen LogP contribution in [-0.2, 0) is 14.4 Å². The Bertz CT molecular complexity index is 1350. The van der Waals surface area contributed by atoms with Crippen molar-refractivity contribution in [2.45, 2.75) is 61.1 Å². The molecule has 2 bridgehead atoms.